The van der Waals surface area contributed by atoms with Crippen LogP contribution in [0.25, 0.3) is 0 Å². The number of aliphatic hydroxyl groups excluding tert-OH is 4. The lowest BCUT2D eigenvalue weighted by molar-refractivity contribution is -0.302. The number of hydrogen-bond donors (Lipinski definition) is 6. The third kappa shape index (κ3) is 2.79. The van der Waals surface area contributed by atoms with Crippen molar-refractivity contribution in [3.8, 4) is 0 Å². The second kappa shape index (κ2) is 5.47. The van der Waals surface area contributed by atoms with Crippen molar-refractivity contribution in [2.45, 2.75) is 43.5 Å². The summed E-state index contributed by atoms with van der Waals surface area (Å²) in [7, 11) is 0. The van der Waals surface area contributed by atoms with Crippen LogP contribution in [0.3, 0.4) is 0 Å². The molecule has 0 saturated carbocycles. The summed E-state index contributed by atoms with van der Waals surface area (Å²) in [5.74, 6) is -5.02. The Morgan fingerprint density at radius 3 is 2.50 bits per heavy atom. The highest BCUT2D eigenvalue weighted by Crippen LogP contribution is 2.33. The first-order valence-corrected chi connectivity index (χ1v) is 5.51. The van der Waals surface area contributed by atoms with Gasteiger partial charge in [0.25, 0.3) is 5.79 Å². The van der Waals surface area contributed by atoms with E-state index in [2.05, 4.69) is 0 Å². The second-order valence-corrected chi connectivity index (χ2v) is 4.54. The maximum Gasteiger partial charge on any atom is 0.364 e. The zero-order valence-corrected chi connectivity index (χ0v) is 9.80. The molecule has 8 nitrogen and oxygen atoms in total. The number of carboxylic acid groups (broad SMARTS) is 1. The predicted molar refractivity (Wildman–Crippen MR) is 56.3 cm³/mol. The summed E-state index contributed by atoms with van der Waals surface area (Å²) in [5.41, 5.74) is 0. The predicted octanol–water partition coefficient (Wildman–Crippen LogP) is -2.74. The summed E-state index contributed by atoms with van der Waals surface area (Å²) in [6, 6.07) is 0. The minimum absolute atomic E-state index is 0.540. The molecular weight excluding hydrogens is 248 g/mol. The van der Waals surface area contributed by atoms with Crippen LogP contribution in [-0.2, 0) is 9.53 Å². The fourth-order valence-corrected chi connectivity index (χ4v) is 1.91. The average molecular weight is 266 g/mol. The molecule has 0 bridgehead atoms. The lowest BCUT2D eigenvalue weighted by atomic mass is 9.85. The van der Waals surface area contributed by atoms with Gasteiger partial charge < -0.3 is 35.4 Å². The molecule has 1 aliphatic rings. The van der Waals surface area contributed by atoms with E-state index in [1.165, 1.54) is 6.92 Å². The maximum absolute atomic E-state index is 10.9. The number of carboxylic acids is 1. The summed E-state index contributed by atoms with van der Waals surface area (Å²) >= 11 is 0. The normalized spacial score (nSPS) is 40.2. The van der Waals surface area contributed by atoms with E-state index >= 15 is 0 Å². The monoisotopic (exact) mass is 266 g/mol. The Bertz CT molecular complexity index is 308. The molecule has 1 aliphatic heterocycles. The van der Waals surface area contributed by atoms with Crippen LogP contribution >= 0.6 is 0 Å². The van der Waals surface area contributed by atoms with Crippen molar-refractivity contribution in [1.82, 2.24) is 0 Å². The largest absolute Gasteiger partial charge is 0.477 e. The van der Waals surface area contributed by atoms with Crippen LogP contribution in [0, 0.1) is 5.92 Å². The molecule has 1 heterocycles. The van der Waals surface area contributed by atoms with Crippen LogP contribution in [0.5, 0.6) is 0 Å². The molecule has 0 radical (unpaired) electrons. The van der Waals surface area contributed by atoms with Gasteiger partial charge in [0.1, 0.15) is 12.2 Å². The standard InChI is InChI=1S/C10H18O8/c1-4-5(12)2-10(17,9(15)16)18-8(4)7(14)6(13)3-11/h4-8,11-14,17H,2-3H2,1H3,(H,15,16)/t4-,5-,6-,7-,8?,10+/m1/s1. The Labute approximate surface area is 103 Å². The number of ether oxygens (including phenoxy) is 1. The average Bonchev–Trinajstić information content (AvgIpc) is 2.31. The molecule has 0 amide bonds. The highest BCUT2D eigenvalue weighted by atomic mass is 16.7. The van der Waals surface area contributed by atoms with E-state index in [1.54, 1.807) is 0 Å². The van der Waals surface area contributed by atoms with Crippen molar-refractivity contribution in [1.29, 1.82) is 0 Å². The maximum atomic E-state index is 10.9. The Kier molecular flexibility index (Phi) is 4.65. The van der Waals surface area contributed by atoms with E-state index in [0.717, 1.165) is 0 Å². The lowest BCUT2D eigenvalue weighted by Gasteiger charge is -2.43. The van der Waals surface area contributed by atoms with Gasteiger partial charge in [0.2, 0.25) is 0 Å². The van der Waals surface area contributed by atoms with Crippen LogP contribution in [0.2, 0.25) is 0 Å². The topological polar surface area (TPSA) is 148 Å². The van der Waals surface area contributed by atoms with E-state index in [1.807, 2.05) is 0 Å². The molecule has 0 aromatic heterocycles. The van der Waals surface area contributed by atoms with E-state index in [4.69, 9.17) is 14.9 Å². The van der Waals surface area contributed by atoms with Gasteiger partial charge in [-0.3, -0.25) is 0 Å². The summed E-state index contributed by atoms with van der Waals surface area (Å²) in [6.07, 6.45) is -6.24. The summed E-state index contributed by atoms with van der Waals surface area (Å²) in [4.78, 5) is 10.9. The number of rotatable bonds is 4. The molecule has 1 saturated heterocycles. The van der Waals surface area contributed by atoms with E-state index < -0.39 is 55.1 Å². The molecule has 18 heavy (non-hydrogen) atoms. The number of carbonyl (C=O) groups is 1. The van der Waals surface area contributed by atoms with Gasteiger partial charge in [0.05, 0.1) is 18.8 Å². The highest BCUT2D eigenvalue weighted by molar-refractivity contribution is 5.75. The van der Waals surface area contributed by atoms with Crippen LogP contribution in [0.1, 0.15) is 13.3 Å². The first-order valence-electron chi connectivity index (χ1n) is 5.51. The van der Waals surface area contributed by atoms with Gasteiger partial charge in [-0.1, -0.05) is 6.92 Å². The van der Waals surface area contributed by atoms with Crippen molar-refractivity contribution in [2.24, 2.45) is 5.92 Å². The van der Waals surface area contributed by atoms with E-state index in [0.29, 0.717) is 0 Å². The van der Waals surface area contributed by atoms with Crippen LogP contribution < -0.4 is 0 Å². The van der Waals surface area contributed by atoms with Crippen LogP contribution in [0.4, 0.5) is 0 Å². The molecule has 0 spiro atoms. The van der Waals surface area contributed by atoms with Gasteiger partial charge in [-0.25, -0.2) is 4.79 Å². The minimum Gasteiger partial charge on any atom is -0.477 e. The van der Waals surface area contributed by atoms with Gasteiger partial charge in [-0.2, -0.15) is 0 Å². The molecule has 1 unspecified atom stereocenters. The summed E-state index contributed by atoms with van der Waals surface area (Å²) < 4.78 is 4.88. The highest BCUT2D eigenvalue weighted by Gasteiger charge is 2.51. The van der Waals surface area contributed by atoms with Crippen molar-refractivity contribution >= 4 is 5.97 Å². The number of aliphatic hydroxyl groups is 5. The molecule has 6 N–H and O–H groups in total. The van der Waals surface area contributed by atoms with Crippen LogP contribution in [0.15, 0.2) is 0 Å². The van der Waals surface area contributed by atoms with Crippen molar-refractivity contribution in [3.05, 3.63) is 0 Å². The third-order valence-corrected chi connectivity index (χ3v) is 3.19. The van der Waals surface area contributed by atoms with Gasteiger partial charge in [-0.15, -0.1) is 0 Å². The van der Waals surface area contributed by atoms with Gasteiger partial charge in [0.15, 0.2) is 0 Å². The fourth-order valence-electron chi connectivity index (χ4n) is 1.91. The molecule has 0 aromatic rings. The smallest absolute Gasteiger partial charge is 0.364 e. The molecule has 8 heteroatoms. The Morgan fingerprint density at radius 1 is 1.50 bits per heavy atom. The number of hydrogen-bond acceptors (Lipinski definition) is 7. The second-order valence-electron chi connectivity index (χ2n) is 4.54. The SMILES string of the molecule is C[C@H]1C([C@H](O)[C@H](O)CO)O[C@](O)(C(=O)O)C[C@H]1O. The number of aliphatic carboxylic acids is 1. The third-order valence-electron chi connectivity index (χ3n) is 3.19. The van der Waals surface area contributed by atoms with Crippen molar-refractivity contribution in [2.75, 3.05) is 6.61 Å². The Balaban J connectivity index is 2.92. The molecule has 106 valence electrons. The van der Waals surface area contributed by atoms with Crippen molar-refractivity contribution < 1.29 is 40.2 Å². The Morgan fingerprint density at radius 2 is 2.06 bits per heavy atom. The Hall–Kier alpha value is -0.770. The zero-order valence-electron chi connectivity index (χ0n) is 9.80. The summed E-state index contributed by atoms with van der Waals surface area (Å²) in [6.45, 7) is 0.722. The van der Waals surface area contributed by atoms with Gasteiger partial charge in [-0.05, 0) is 0 Å². The molecular formula is C10H18O8. The fraction of sp³-hybridized carbons (Fsp3) is 0.900. The molecule has 1 fully saturated rings. The first kappa shape index (κ1) is 15.3. The first-order chi connectivity index (χ1) is 8.23. The van der Waals surface area contributed by atoms with Crippen LogP contribution in [-0.4, -0.2) is 73.4 Å². The minimum atomic E-state index is -2.62. The molecule has 1 rings (SSSR count). The molecule has 6 atom stereocenters. The quantitative estimate of drug-likeness (QED) is 0.321. The van der Waals surface area contributed by atoms with Gasteiger partial charge in [0, 0.05) is 12.3 Å². The van der Waals surface area contributed by atoms with Gasteiger partial charge >= 0.3 is 5.97 Å². The van der Waals surface area contributed by atoms with Crippen molar-refractivity contribution in [3.63, 3.8) is 0 Å². The zero-order chi connectivity index (χ0) is 14.1. The van der Waals surface area contributed by atoms with E-state index in [9.17, 15) is 25.2 Å². The molecule has 0 aromatic carbocycles. The lowest BCUT2D eigenvalue weighted by Crippen LogP contribution is -2.60. The van der Waals surface area contributed by atoms with E-state index in [-0.39, 0.29) is 0 Å². The summed E-state index contributed by atoms with van der Waals surface area (Å²) in [5, 5.41) is 55.9. The molecule has 0 aliphatic carbocycles.